The fraction of sp³-hybridized carbons (Fsp3) is 0.737. The summed E-state index contributed by atoms with van der Waals surface area (Å²) < 4.78 is 0. The van der Waals surface area contributed by atoms with Crippen LogP contribution in [0.1, 0.15) is 71.1 Å². The van der Waals surface area contributed by atoms with Gasteiger partial charge in [-0.2, -0.15) is 0 Å². The van der Waals surface area contributed by atoms with E-state index in [4.69, 9.17) is 0 Å². The molecule has 0 amide bonds. The molecule has 0 spiro atoms. The average Bonchev–Trinajstić information content (AvgIpc) is 2.53. The molecule has 0 aromatic carbocycles. The number of allylic oxidation sites excluding steroid dienone is 4. The Kier molecular flexibility index (Phi) is 5.33. The Morgan fingerprint density at radius 3 is 1.86 bits per heavy atom. The van der Waals surface area contributed by atoms with E-state index in [0.29, 0.717) is 5.78 Å². The van der Waals surface area contributed by atoms with Gasteiger partial charge in [0, 0.05) is 5.92 Å². The van der Waals surface area contributed by atoms with E-state index in [-0.39, 0.29) is 13.8 Å². The fourth-order valence-corrected chi connectivity index (χ4v) is 8.25. The highest BCUT2D eigenvalue weighted by atomic mass is 31.1. The highest BCUT2D eigenvalue weighted by Crippen LogP contribution is 2.61. The highest BCUT2D eigenvalue weighted by Gasteiger charge is 2.33. The zero-order chi connectivity index (χ0) is 14.7. The molecular formula is C19H29OP. The standard InChI is InChI=1S/C19H29OP/c1-15-14-18(12-13-19(15)20)21(16-8-4-2-5-9-16)17-10-6-3-7-11-17/h12-17H,2-11H2,1H3. The molecule has 0 heterocycles. The van der Waals surface area contributed by atoms with Crippen molar-refractivity contribution in [2.75, 3.05) is 0 Å². The molecule has 116 valence electrons. The van der Waals surface area contributed by atoms with Crippen LogP contribution in [0.25, 0.3) is 0 Å². The summed E-state index contributed by atoms with van der Waals surface area (Å²) >= 11 is 0. The van der Waals surface area contributed by atoms with Crippen LogP contribution in [0.3, 0.4) is 0 Å². The number of carbonyl (C=O) groups is 1. The minimum Gasteiger partial charge on any atom is -0.294 e. The minimum absolute atomic E-state index is 0.0387. The normalized spacial score (nSPS) is 29.0. The third kappa shape index (κ3) is 3.67. The second-order valence-corrected chi connectivity index (χ2v) is 9.90. The van der Waals surface area contributed by atoms with Crippen molar-refractivity contribution in [3.05, 3.63) is 23.5 Å². The first-order valence-electron chi connectivity index (χ1n) is 8.98. The van der Waals surface area contributed by atoms with Gasteiger partial charge in [-0.1, -0.05) is 65.5 Å². The second-order valence-electron chi connectivity index (χ2n) is 7.11. The van der Waals surface area contributed by atoms with E-state index in [0.717, 1.165) is 11.3 Å². The van der Waals surface area contributed by atoms with Crippen molar-refractivity contribution in [1.29, 1.82) is 0 Å². The molecule has 2 heteroatoms. The number of ketones is 1. The van der Waals surface area contributed by atoms with Crippen LogP contribution in [-0.4, -0.2) is 17.1 Å². The van der Waals surface area contributed by atoms with Gasteiger partial charge in [-0.3, -0.25) is 4.79 Å². The molecule has 0 bridgehead atoms. The third-order valence-corrected chi connectivity index (χ3v) is 9.02. The van der Waals surface area contributed by atoms with Crippen molar-refractivity contribution >= 4 is 13.7 Å². The Balaban J connectivity index is 1.82. The molecule has 0 radical (unpaired) electrons. The van der Waals surface area contributed by atoms with E-state index in [9.17, 15) is 4.79 Å². The summed E-state index contributed by atoms with van der Waals surface area (Å²) in [5, 5.41) is 1.57. The minimum atomic E-state index is -0.0387. The molecule has 0 aromatic heterocycles. The summed E-state index contributed by atoms with van der Waals surface area (Å²) in [5.41, 5.74) is 1.88. The van der Waals surface area contributed by atoms with Gasteiger partial charge in [-0.15, -0.1) is 0 Å². The van der Waals surface area contributed by atoms with Crippen LogP contribution in [0.5, 0.6) is 0 Å². The van der Waals surface area contributed by atoms with Crippen LogP contribution >= 0.6 is 7.92 Å². The molecule has 1 atom stereocenters. The van der Waals surface area contributed by atoms with Crippen molar-refractivity contribution in [1.82, 2.24) is 0 Å². The molecule has 0 aromatic rings. The molecule has 0 N–H and O–H groups in total. The molecule has 3 rings (SSSR count). The zero-order valence-corrected chi connectivity index (χ0v) is 14.3. The van der Waals surface area contributed by atoms with Gasteiger partial charge in [0.2, 0.25) is 0 Å². The topological polar surface area (TPSA) is 17.1 Å². The van der Waals surface area contributed by atoms with E-state index in [1.165, 1.54) is 64.2 Å². The van der Waals surface area contributed by atoms with Gasteiger partial charge in [0.15, 0.2) is 5.78 Å². The maximum absolute atomic E-state index is 11.8. The van der Waals surface area contributed by atoms with Crippen LogP contribution in [0.15, 0.2) is 23.5 Å². The Bertz CT molecular complexity index is 407. The second kappa shape index (κ2) is 7.23. The Hall–Kier alpha value is -0.420. The summed E-state index contributed by atoms with van der Waals surface area (Å²) in [4.78, 5) is 11.8. The fourth-order valence-electron chi connectivity index (χ4n) is 4.32. The quantitative estimate of drug-likeness (QED) is 0.603. The van der Waals surface area contributed by atoms with Gasteiger partial charge in [0.05, 0.1) is 0 Å². The predicted molar refractivity (Wildman–Crippen MR) is 92.1 cm³/mol. The summed E-state index contributed by atoms with van der Waals surface area (Å²) in [5.74, 6) is 0.406. The summed E-state index contributed by atoms with van der Waals surface area (Å²) in [7, 11) is -0.0387. The molecule has 21 heavy (non-hydrogen) atoms. The lowest BCUT2D eigenvalue weighted by atomic mass is 9.99. The van der Waals surface area contributed by atoms with Crippen molar-refractivity contribution in [2.45, 2.75) is 82.4 Å². The molecule has 0 aliphatic heterocycles. The van der Waals surface area contributed by atoms with E-state index in [1.807, 2.05) is 6.08 Å². The molecule has 3 aliphatic rings. The van der Waals surface area contributed by atoms with Gasteiger partial charge < -0.3 is 0 Å². The van der Waals surface area contributed by atoms with Crippen molar-refractivity contribution in [3.63, 3.8) is 0 Å². The molecule has 1 unspecified atom stereocenters. The van der Waals surface area contributed by atoms with Gasteiger partial charge in [0.1, 0.15) is 0 Å². The molecule has 2 fully saturated rings. The van der Waals surface area contributed by atoms with E-state index in [2.05, 4.69) is 19.1 Å². The predicted octanol–water partition coefficient (Wildman–Crippen LogP) is 5.79. The molecule has 1 nitrogen and oxygen atoms in total. The number of hydrogen-bond acceptors (Lipinski definition) is 1. The lowest BCUT2D eigenvalue weighted by Crippen LogP contribution is -2.22. The lowest BCUT2D eigenvalue weighted by Gasteiger charge is -2.40. The lowest BCUT2D eigenvalue weighted by molar-refractivity contribution is -0.116. The first kappa shape index (κ1) is 15.5. The molecule has 2 saturated carbocycles. The number of rotatable bonds is 3. The van der Waals surface area contributed by atoms with Crippen LogP contribution < -0.4 is 0 Å². The first-order chi connectivity index (χ1) is 10.3. The summed E-state index contributed by atoms with van der Waals surface area (Å²) in [6, 6.07) is 0. The van der Waals surface area contributed by atoms with Crippen LogP contribution in [0.4, 0.5) is 0 Å². The number of hydrogen-bond donors (Lipinski definition) is 0. The highest BCUT2D eigenvalue weighted by molar-refractivity contribution is 7.63. The molecular weight excluding hydrogens is 275 g/mol. The van der Waals surface area contributed by atoms with Crippen molar-refractivity contribution in [2.24, 2.45) is 5.92 Å². The third-order valence-electron chi connectivity index (χ3n) is 5.52. The Morgan fingerprint density at radius 1 is 0.857 bits per heavy atom. The van der Waals surface area contributed by atoms with Gasteiger partial charge in [0.25, 0.3) is 0 Å². The maximum Gasteiger partial charge on any atom is 0.162 e. The van der Waals surface area contributed by atoms with Crippen LogP contribution in [0.2, 0.25) is 0 Å². The smallest absolute Gasteiger partial charge is 0.162 e. The maximum atomic E-state index is 11.8. The van der Waals surface area contributed by atoms with Crippen molar-refractivity contribution < 1.29 is 4.79 Å². The SMILES string of the molecule is CC1C=C(P(C2CCCCC2)C2CCCCC2)C=CC1=O. The largest absolute Gasteiger partial charge is 0.294 e. The van der Waals surface area contributed by atoms with E-state index in [1.54, 1.807) is 5.31 Å². The van der Waals surface area contributed by atoms with Gasteiger partial charge in [-0.25, -0.2) is 0 Å². The molecule has 3 aliphatic carbocycles. The monoisotopic (exact) mass is 304 g/mol. The Morgan fingerprint density at radius 2 is 1.38 bits per heavy atom. The number of carbonyl (C=O) groups excluding carboxylic acids is 1. The van der Waals surface area contributed by atoms with E-state index < -0.39 is 0 Å². The van der Waals surface area contributed by atoms with Gasteiger partial charge in [-0.05, 0) is 48.4 Å². The Labute approximate surface area is 131 Å². The summed E-state index contributed by atoms with van der Waals surface area (Å²) in [6.45, 7) is 2.07. The average molecular weight is 304 g/mol. The van der Waals surface area contributed by atoms with Crippen LogP contribution in [-0.2, 0) is 4.79 Å². The van der Waals surface area contributed by atoms with Crippen LogP contribution in [0, 0.1) is 5.92 Å². The van der Waals surface area contributed by atoms with Crippen molar-refractivity contribution in [3.8, 4) is 0 Å². The summed E-state index contributed by atoms with van der Waals surface area (Å²) in [6.07, 6.45) is 20.7. The van der Waals surface area contributed by atoms with E-state index >= 15 is 0 Å². The van der Waals surface area contributed by atoms with Gasteiger partial charge >= 0.3 is 0 Å². The zero-order valence-electron chi connectivity index (χ0n) is 13.4. The first-order valence-corrected chi connectivity index (χ1v) is 10.5. The molecule has 0 saturated heterocycles.